The molecule has 0 aliphatic rings. The van der Waals surface area contributed by atoms with Crippen LogP contribution in [0.3, 0.4) is 0 Å². The van der Waals surface area contributed by atoms with Gasteiger partial charge in [0, 0.05) is 13.1 Å². The van der Waals surface area contributed by atoms with Crippen LogP contribution in [-0.4, -0.2) is 16.8 Å². The summed E-state index contributed by atoms with van der Waals surface area (Å²) in [5, 5.41) is 3.74. The molecule has 1 rings (SSSR count). The van der Waals surface area contributed by atoms with Crippen LogP contribution < -0.4 is 4.74 Å². The molecule has 1 aromatic heterocycles. The molecule has 0 aromatic carbocycles. The van der Waals surface area contributed by atoms with Gasteiger partial charge in [0.25, 0.3) is 0 Å². The predicted molar refractivity (Wildman–Crippen MR) is 29.8 cm³/mol. The zero-order valence-corrected chi connectivity index (χ0v) is 4.46. The topological polar surface area (TPSA) is 27.1 Å². The number of hydrogen-bond acceptors (Lipinski definition) is 2. The van der Waals surface area contributed by atoms with Crippen molar-refractivity contribution in [3.8, 4) is 5.88 Å². The molecule has 0 radical (unpaired) electrons. The van der Waals surface area contributed by atoms with Crippen LogP contribution in [0.1, 0.15) is 4.11 Å². The van der Waals surface area contributed by atoms with Crippen LogP contribution in [0.2, 0.25) is 0 Å². The Balaban J connectivity index is 2.72. The first-order valence-electron chi connectivity index (χ1n) is 3.66. The summed E-state index contributed by atoms with van der Waals surface area (Å²) >= 11 is 0. The summed E-state index contributed by atoms with van der Waals surface area (Å²) in [6.07, 6.45) is 1.47. The van der Waals surface area contributed by atoms with Gasteiger partial charge in [-0.1, -0.05) is 0 Å². The van der Waals surface area contributed by atoms with E-state index in [1.807, 2.05) is 0 Å². The fraction of sp³-hybridized carbons (Fsp3) is 0.400. The molecule has 3 heteroatoms. The van der Waals surface area contributed by atoms with E-state index >= 15 is 0 Å². The Morgan fingerprint density at radius 1 is 2.00 bits per heavy atom. The van der Waals surface area contributed by atoms with E-state index in [0.29, 0.717) is 0 Å². The smallest absolute Gasteiger partial charge is 0.211 e. The summed E-state index contributed by atoms with van der Waals surface area (Å²) in [6.45, 7) is 0. The number of nitrogens with zero attached hydrogens (tertiary/aromatic N) is 2. The number of ether oxygens (including phenoxy) is 1. The Hall–Kier alpha value is -0.990. The standard InChI is InChI=1S/C5H8N2O/c1-7-5(8-2)3-4-6-7/h3-4H,1-2H3/i2D3. The first kappa shape index (κ1) is 2.53. The minimum Gasteiger partial charge on any atom is -0.481 e. The second-order valence-corrected chi connectivity index (χ2v) is 1.40. The Morgan fingerprint density at radius 2 is 2.88 bits per heavy atom. The highest BCUT2D eigenvalue weighted by atomic mass is 16.5. The lowest BCUT2D eigenvalue weighted by Crippen LogP contribution is -1.93. The number of aryl methyl sites for hydroxylation is 1. The van der Waals surface area contributed by atoms with E-state index in [2.05, 4.69) is 9.84 Å². The Morgan fingerprint density at radius 3 is 3.38 bits per heavy atom. The molecule has 0 atom stereocenters. The van der Waals surface area contributed by atoms with Crippen LogP contribution in [0.4, 0.5) is 0 Å². The van der Waals surface area contributed by atoms with Crippen molar-refractivity contribution >= 4 is 0 Å². The fourth-order valence-corrected chi connectivity index (χ4v) is 0.462. The number of methoxy groups -OCH3 is 1. The molecule has 3 nitrogen and oxygen atoms in total. The van der Waals surface area contributed by atoms with Crippen LogP contribution in [0.15, 0.2) is 12.3 Å². The van der Waals surface area contributed by atoms with Gasteiger partial charge in [0.1, 0.15) is 0 Å². The van der Waals surface area contributed by atoms with Crippen molar-refractivity contribution in [3.05, 3.63) is 12.3 Å². The zero-order chi connectivity index (χ0) is 8.48. The van der Waals surface area contributed by atoms with Crippen molar-refractivity contribution in [2.45, 2.75) is 0 Å². The van der Waals surface area contributed by atoms with Gasteiger partial charge >= 0.3 is 0 Å². The SMILES string of the molecule is [2H]C([2H])([2H])Oc1ccnn1C. The largest absolute Gasteiger partial charge is 0.481 e. The van der Waals surface area contributed by atoms with Gasteiger partial charge in [-0.25, -0.2) is 4.68 Å². The second kappa shape index (κ2) is 1.86. The quantitative estimate of drug-likeness (QED) is 0.530. The fourth-order valence-electron chi connectivity index (χ4n) is 0.462. The highest BCUT2D eigenvalue weighted by Gasteiger charge is 1.91. The van der Waals surface area contributed by atoms with E-state index in [9.17, 15) is 0 Å². The van der Waals surface area contributed by atoms with Crippen molar-refractivity contribution < 1.29 is 8.85 Å². The van der Waals surface area contributed by atoms with Gasteiger partial charge in [-0.15, -0.1) is 0 Å². The van der Waals surface area contributed by atoms with Gasteiger partial charge in [0.2, 0.25) is 5.88 Å². The Kier molecular flexibility index (Phi) is 0.587. The lowest BCUT2D eigenvalue weighted by Gasteiger charge is -1.95. The maximum Gasteiger partial charge on any atom is 0.211 e. The van der Waals surface area contributed by atoms with Gasteiger partial charge in [-0.05, 0) is 0 Å². The third-order valence-electron chi connectivity index (χ3n) is 0.880. The lowest BCUT2D eigenvalue weighted by molar-refractivity contribution is 0.373. The average molecular weight is 115 g/mol. The molecular formula is C5H8N2O. The van der Waals surface area contributed by atoms with Crippen LogP contribution in [-0.2, 0) is 7.05 Å². The number of rotatable bonds is 1. The first-order chi connectivity index (χ1) is 4.99. The maximum atomic E-state index is 6.77. The van der Waals surface area contributed by atoms with E-state index in [0.717, 1.165) is 0 Å². The molecule has 0 unspecified atom stereocenters. The van der Waals surface area contributed by atoms with Gasteiger partial charge in [-0.3, -0.25) is 0 Å². The summed E-state index contributed by atoms with van der Waals surface area (Å²) in [7, 11) is -0.783. The van der Waals surface area contributed by atoms with Gasteiger partial charge in [-0.2, -0.15) is 5.10 Å². The molecule has 0 fully saturated rings. The molecular weight excluding hydrogens is 104 g/mol. The van der Waals surface area contributed by atoms with Gasteiger partial charge in [0.05, 0.1) is 17.3 Å². The Bertz CT molecular complexity index is 242. The molecule has 0 aliphatic carbocycles. The maximum absolute atomic E-state index is 6.77. The number of aromatic nitrogens is 2. The van der Waals surface area contributed by atoms with Crippen molar-refractivity contribution in [3.63, 3.8) is 0 Å². The van der Waals surface area contributed by atoms with Crippen LogP contribution >= 0.6 is 0 Å². The molecule has 0 amide bonds. The van der Waals surface area contributed by atoms with Crippen molar-refractivity contribution in [1.29, 1.82) is 0 Å². The third kappa shape index (κ3) is 0.665. The normalized spacial score (nSPS) is 16.4. The van der Waals surface area contributed by atoms with Crippen molar-refractivity contribution in [1.82, 2.24) is 9.78 Å². The summed E-state index contributed by atoms with van der Waals surface area (Å²) in [4.78, 5) is 0. The molecule has 0 spiro atoms. The molecule has 0 aliphatic heterocycles. The van der Waals surface area contributed by atoms with Crippen molar-refractivity contribution in [2.24, 2.45) is 7.05 Å². The summed E-state index contributed by atoms with van der Waals surface area (Å²) < 4.78 is 26.3. The average Bonchev–Trinajstić information content (AvgIpc) is 2.12. The molecule has 8 heavy (non-hydrogen) atoms. The van der Waals surface area contributed by atoms with E-state index in [1.54, 1.807) is 7.05 Å². The zero-order valence-electron chi connectivity index (χ0n) is 7.46. The highest BCUT2D eigenvalue weighted by Crippen LogP contribution is 2.03. The summed E-state index contributed by atoms with van der Waals surface area (Å²) in [5.41, 5.74) is 0. The molecule has 0 N–H and O–H groups in total. The molecule has 1 aromatic rings. The van der Waals surface area contributed by atoms with Crippen LogP contribution in [0.5, 0.6) is 5.88 Å². The molecule has 0 bridgehead atoms. The minimum atomic E-state index is -2.40. The molecule has 44 valence electrons. The molecule has 0 saturated heterocycles. The summed E-state index contributed by atoms with van der Waals surface area (Å²) in [6, 6.07) is 1.49. The van der Waals surface area contributed by atoms with E-state index in [1.165, 1.54) is 16.9 Å². The lowest BCUT2D eigenvalue weighted by atomic mass is 10.7. The predicted octanol–water partition coefficient (Wildman–Crippen LogP) is 0.429. The monoisotopic (exact) mass is 115 g/mol. The minimum absolute atomic E-state index is 0.241. The first-order valence-corrected chi connectivity index (χ1v) is 2.16. The van der Waals surface area contributed by atoms with Crippen molar-refractivity contribution in [2.75, 3.05) is 7.04 Å². The van der Waals surface area contributed by atoms with E-state index < -0.39 is 7.04 Å². The number of hydrogen-bond donors (Lipinski definition) is 0. The highest BCUT2D eigenvalue weighted by molar-refractivity contribution is 5.05. The Labute approximate surface area is 52.1 Å². The third-order valence-corrected chi connectivity index (χ3v) is 0.880. The van der Waals surface area contributed by atoms with Crippen LogP contribution in [0, 0.1) is 0 Å². The van der Waals surface area contributed by atoms with E-state index in [-0.39, 0.29) is 5.88 Å². The summed E-state index contributed by atoms with van der Waals surface area (Å²) in [5.74, 6) is 0.241. The van der Waals surface area contributed by atoms with Crippen LogP contribution in [0.25, 0.3) is 0 Å². The van der Waals surface area contributed by atoms with E-state index in [4.69, 9.17) is 4.11 Å². The second-order valence-electron chi connectivity index (χ2n) is 1.40. The van der Waals surface area contributed by atoms with Gasteiger partial charge in [0.15, 0.2) is 0 Å². The molecule has 1 heterocycles. The molecule has 0 saturated carbocycles. The van der Waals surface area contributed by atoms with Gasteiger partial charge < -0.3 is 4.74 Å².